The number of fused-ring (bicyclic) bond motifs is 1. The van der Waals surface area contributed by atoms with Crippen LogP contribution in [0.4, 0.5) is 5.69 Å². The number of anilines is 1. The highest BCUT2D eigenvalue weighted by molar-refractivity contribution is 7.10. The van der Waals surface area contributed by atoms with Gasteiger partial charge in [-0.05, 0) is 31.0 Å². The van der Waals surface area contributed by atoms with E-state index in [1.807, 2.05) is 19.9 Å². The van der Waals surface area contributed by atoms with Gasteiger partial charge in [0.15, 0.2) is 0 Å². The van der Waals surface area contributed by atoms with E-state index in [1.54, 1.807) is 6.07 Å². The predicted molar refractivity (Wildman–Crippen MR) is 76.4 cm³/mol. The molecular formula is C13H10ClN3O2S. The average Bonchev–Trinajstić information content (AvgIpc) is 2.92. The summed E-state index contributed by atoms with van der Waals surface area (Å²) in [4.78, 5) is 25.6. The largest absolute Gasteiger partial charge is 0.299 e. The van der Waals surface area contributed by atoms with Gasteiger partial charge in [-0.1, -0.05) is 22.2 Å². The predicted octanol–water partition coefficient (Wildman–Crippen LogP) is 2.54. The number of rotatable bonds is 2. The van der Waals surface area contributed by atoms with Crippen molar-refractivity contribution in [2.45, 2.75) is 20.4 Å². The molecular weight excluding hydrogens is 298 g/mol. The number of Topliss-reactive ketones (excluding diaryl/α,β-unsaturated/α-hetero) is 1. The Labute approximate surface area is 124 Å². The number of aromatic nitrogens is 2. The smallest absolute Gasteiger partial charge is 0.298 e. The van der Waals surface area contributed by atoms with Crippen molar-refractivity contribution in [3.8, 4) is 0 Å². The molecule has 2 heterocycles. The minimum absolute atomic E-state index is 0.164. The molecule has 0 saturated carbocycles. The number of halogens is 1. The first-order valence-electron chi connectivity index (χ1n) is 5.94. The molecule has 1 aromatic heterocycles. The topological polar surface area (TPSA) is 63.2 Å². The zero-order valence-electron chi connectivity index (χ0n) is 10.8. The van der Waals surface area contributed by atoms with E-state index in [-0.39, 0.29) is 6.54 Å². The quantitative estimate of drug-likeness (QED) is 0.800. The molecule has 5 nitrogen and oxygen atoms in total. The van der Waals surface area contributed by atoms with Crippen molar-refractivity contribution in [3.05, 3.63) is 38.9 Å². The lowest BCUT2D eigenvalue weighted by Gasteiger charge is -2.18. The van der Waals surface area contributed by atoms with Gasteiger partial charge in [0.2, 0.25) is 0 Å². The Morgan fingerprint density at radius 2 is 2.05 bits per heavy atom. The summed E-state index contributed by atoms with van der Waals surface area (Å²) in [6.07, 6.45) is 0. The summed E-state index contributed by atoms with van der Waals surface area (Å²) in [6.45, 7) is 4.00. The SMILES string of the molecule is Cc1ccc2c(c1C)N(Cc1nnsc1Cl)C(=O)C2=O. The maximum absolute atomic E-state index is 12.2. The summed E-state index contributed by atoms with van der Waals surface area (Å²) < 4.78 is 4.17. The van der Waals surface area contributed by atoms with E-state index in [2.05, 4.69) is 9.59 Å². The molecule has 102 valence electrons. The summed E-state index contributed by atoms with van der Waals surface area (Å²) >= 11 is 7.03. The second-order valence-electron chi connectivity index (χ2n) is 4.62. The van der Waals surface area contributed by atoms with Gasteiger partial charge in [0, 0.05) is 11.5 Å². The average molecular weight is 308 g/mol. The van der Waals surface area contributed by atoms with E-state index in [0.29, 0.717) is 21.3 Å². The molecule has 1 aliphatic rings. The van der Waals surface area contributed by atoms with Gasteiger partial charge < -0.3 is 0 Å². The third kappa shape index (κ3) is 1.83. The second-order valence-corrected chi connectivity index (χ2v) is 5.97. The van der Waals surface area contributed by atoms with Gasteiger partial charge in [0.05, 0.1) is 17.8 Å². The first-order chi connectivity index (χ1) is 9.50. The van der Waals surface area contributed by atoms with E-state index in [4.69, 9.17) is 11.6 Å². The van der Waals surface area contributed by atoms with Crippen LogP contribution in [0.5, 0.6) is 0 Å². The highest BCUT2D eigenvalue weighted by Gasteiger charge is 2.37. The molecule has 1 amide bonds. The Kier molecular flexibility index (Phi) is 3.07. The molecule has 1 aromatic carbocycles. The van der Waals surface area contributed by atoms with Crippen LogP contribution in [0.2, 0.25) is 4.34 Å². The van der Waals surface area contributed by atoms with Crippen molar-refractivity contribution in [1.29, 1.82) is 0 Å². The number of carbonyl (C=O) groups excluding carboxylic acids is 2. The van der Waals surface area contributed by atoms with Crippen LogP contribution in [-0.2, 0) is 11.3 Å². The molecule has 0 N–H and O–H groups in total. The van der Waals surface area contributed by atoms with E-state index >= 15 is 0 Å². The molecule has 3 rings (SSSR count). The van der Waals surface area contributed by atoms with Gasteiger partial charge in [-0.25, -0.2) is 0 Å². The maximum Gasteiger partial charge on any atom is 0.299 e. The monoisotopic (exact) mass is 307 g/mol. The number of aryl methyl sites for hydroxylation is 1. The Hall–Kier alpha value is -1.79. The number of hydrogen-bond acceptors (Lipinski definition) is 5. The second kappa shape index (κ2) is 4.64. The number of carbonyl (C=O) groups is 2. The van der Waals surface area contributed by atoms with Crippen molar-refractivity contribution in [2.24, 2.45) is 0 Å². The van der Waals surface area contributed by atoms with Crippen LogP contribution in [0.1, 0.15) is 27.2 Å². The number of hydrogen-bond donors (Lipinski definition) is 0. The van der Waals surface area contributed by atoms with E-state index in [9.17, 15) is 9.59 Å². The summed E-state index contributed by atoms with van der Waals surface area (Å²) in [5.74, 6) is -1.03. The Bertz CT molecular complexity index is 741. The summed E-state index contributed by atoms with van der Waals surface area (Å²) in [5, 5.41) is 3.90. The van der Waals surface area contributed by atoms with Gasteiger partial charge in [-0.2, -0.15) is 0 Å². The number of benzene rings is 1. The highest BCUT2D eigenvalue weighted by atomic mass is 35.5. The molecule has 0 aliphatic carbocycles. The third-order valence-corrected chi connectivity index (χ3v) is 4.46. The van der Waals surface area contributed by atoms with Crippen LogP contribution in [0.15, 0.2) is 12.1 Å². The van der Waals surface area contributed by atoms with Gasteiger partial charge in [0.1, 0.15) is 10.0 Å². The Morgan fingerprint density at radius 3 is 2.70 bits per heavy atom. The summed E-state index contributed by atoms with van der Waals surface area (Å²) in [6, 6.07) is 3.54. The van der Waals surface area contributed by atoms with Crippen LogP contribution < -0.4 is 4.90 Å². The summed E-state index contributed by atoms with van der Waals surface area (Å²) in [7, 11) is 0. The third-order valence-electron chi connectivity index (χ3n) is 3.47. The van der Waals surface area contributed by atoms with Crippen molar-refractivity contribution in [2.75, 3.05) is 4.90 Å². The van der Waals surface area contributed by atoms with Gasteiger partial charge in [-0.3, -0.25) is 14.5 Å². The fourth-order valence-corrected chi connectivity index (χ4v) is 2.88. The van der Waals surface area contributed by atoms with Crippen LogP contribution >= 0.6 is 23.1 Å². The van der Waals surface area contributed by atoms with Crippen molar-refractivity contribution in [1.82, 2.24) is 9.59 Å². The van der Waals surface area contributed by atoms with Gasteiger partial charge in [-0.15, -0.1) is 5.10 Å². The molecule has 0 saturated heterocycles. The zero-order valence-corrected chi connectivity index (χ0v) is 12.4. The Morgan fingerprint density at radius 1 is 1.30 bits per heavy atom. The number of nitrogens with zero attached hydrogens (tertiary/aromatic N) is 3. The number of ketones is 1. The van der Waals surface area contributed by atoms with Crippen molar-refractivity contribution >= 4 is 40.5 Å². The lowest BCUT2D eigenvalue weighted by molar-refractivity contribution is -0.114. The fraction of sp³-hybridized carbons (Fsp3) is 0.231. The standard InChI is InChI=1S/C13H10ClN3O2S/c1-6-3-4-8-10(7(6)2)17(13(19)11(8)18)5-9-12(14)20-16-15-9/h3-4H,5H2,1-2H3. The zero-order chi connectivity index (χ0) is 14.4. The van der Waals surface area contributed by atoms with Crippen LogP contribution in [-0.4, -0.2) is 21.3 Å². The fourth-order valence-electron chi connectivity index (χ4n) is 2.26. The van der Waals surface area contributed by atoms with Crippen molar-refractivity contribution < 1.29 is 9.59 Å². The van der Waals surface area contributed by atoms with Crippen molar-refractivity contribution in [3.63, 3.8) is 0 Å². The van der Waals surface area contributed by atoms with Gasteiger partial charge in [0.25, 0.3) is 11.7 Å². The van der Waals surface area contributed by atoms with Crippen LogP contribution in [0.3, 0.4) is 0 Å². The molecule has 0 radical (unpaired) electrons. The molecule has 0 bridgehead atoms. The first kappa shape index (κ1) is 13.2. The van der Waals surface area contributed by atoms with Gasteiger partial charge >= 0.3 is 0 Å². The van der Waals surface area contributed by atoms with Crippen LogP contribution in [0, 0.1) is 13.8 Å². The molecule has 7 heteroatoms. The van der Waals surface area contributed by atoms with E-state index in [0.717, 1.165) is 22.7 Å². The van der Waals surface area contributed by atoms with E-state index in [1.165, 1.54) is 4.90 Å². The lowest BCUT2D eigenvalue weighted by atomic mass is 10.0. The minimum atomic E-state index is -0.544. The normalized spacial score (nSPS) is 14.1. The first-order valence-corrected chi connectivity index (χ1v) is 7.09. The minimum Gasteiger partial charge on any atom is -0.298 e. The summed E-state index contributed by atoms with van der Waals surface area (Å²) in [5.41, 5.74) is 3.55. The Balaban J connectivity index is 2.10. The van der Waals surface area contributed by atoms with Crippen LogP contribution in [0.25, 0.3) is 0 Å². The molecule has 20 heavy (non-hydrogen) atoms. The number of amides is 1. The molecule has 1 aliphatic heterocycles. The highest BCUT2D eigenvalue weighted by Crippen LogP contribution is 2.35. The molecule has 2 aromatic rings. The molecule has 0 unspecified atom stereocenters. The maximum atomic E-state index is 12.2. The molecule has 0 spiro atoms. The molecule has 0 atom stereocenters. The lowest BCUT2D eigenvalue weighted by Crippen LogP contribution is -2.29. The van der Waals surface area contributed by atoms with E-state index < -0.39 is 11.7 Å². The molecule has 0 fully saturated rings.